The first-order valence-corrected chi connectivity index (χ1v) is 9.89. The number of aromatic nitrogens is 1. The topological polar surface area (TPSA) is 68.2 Å². The van der Waals surface area contributed by atoms with Gasteiger partial charge >= 0.3 is 4.87 Å². The summed E-state index contributed by atoms with van der Waals surface area (Å²) in [6.07, 6.45) is 0. The maximum atomic E-state index is 12.5. The Morgan fingerprint density at radius 3 is 2.58 bits per heavy atom. The van der Waals surface area contributed by atoms with Crippen molar-refractivity contribution in [3.8, 4) is 0 Å². The second kappa shape index (κ2) is 6.23. The zero-order valence-electron chi connectivity index (χ0n) is 13.0. The third kappa shape index (κ3) is 3.19. The van der Waals surface area contributed by atoms with Crippen molar-refractivity contribution < 1.29 is 8.42 Å². The lowest BCUT2D eigenvalue weighted by Gasteiger charge is -2.10. The van der Waals surface area contributed by atoms with Crippen LogP contribution in [0.15, 0.2) is 52.2 Å². The minimum Gasteiger partial charge on any atom is -0.296 e. The fourth-order valence-corrected chi connectivity index (χ4v) is 4.83. The predicted octanol–water partition coefficient (Wildman–Crippen LogP) is 4.10. The largest absolute Gasteiger partial charge is 0.308 e. The Bertz CT molecular complexity index is 1070. The molecule has 1 N–H and O–H groups in total. The Hall–Kier alpha value is -1.83. The van der Waals surface area contributed by atoms with Crippen LogP contribution in [-0.4, -0.2) is 13.0 Å². The zero-order valence-corrected chi connectivity index (χ0v) is 15.4. The smallest absolute Gasteiger partial charge is 0.296 e. The van der Waals surface area contributed by atoms with E-state index >= 15 is 0 Å². The molecule has 126 valence electrons. The molecule has 0 unspecified atom stereocenters. The molecule has 3 rings (SSSR count). The summed E-state index contributed by atoms with van der Waals surface area (Å²) in [6, 6.07) is 11.2. The molecule has 1 heterocycles. The molecule has 0 fully saturated rings. The Morgan fingerprint density at radius 1 is 1.17 bits per heavy atom. The minimum atomic E-state index is -3.76. The van der Waals surface area contributed by atoms with Crippen molar-refractivity contribution in [3.05, 3.63) is 57.2 Å². The van der Waals surface area contributed by atoms with Crippen molar-refractivity contribution >= 4 is 48.9 Å². The molecule has 0 saturated carbocycles. The van der Waals surface area contributed by atoms with Crippen molar-refractivity contribution in [2.24, 2.45) is 0 Å². The molecule has 24 heavy (non-hydrogen) atoms. The molecule has 0 atom stereocenters. The number of halogens is 1. The molecule has 0 aliphatic rings. The third-order valence-electron chi connectivity index (χ3n) is 3.49. The lowest BCUT2D eigenvalue weighted by atomic mass is 10.3. The van der Waals surface area contributed by atoms with Gasteiger partial charge in [-0.25, -0.2) is 8.42 Å². The molecule has 0 radical (unpaired) electrons. The van der Waals surface area contributed by atoms with Gasteiger partial charge in [0.05, 0.1) is 20.8 Å². The van der Waals surface area contributed by atoms with Gasteiger partial charge in [0, 0.05) is 11.1 Å². The van der Waals surface area contributed by atoms with E-state index in [2.05, 4.69) is 4.72 Å². The first kappa shape index (κ1) is 17.0. The first-order chi connectivity index (χ1) is 11.3. The van der Waals surface area contributed by atoms with Gasteiger partial charge in [-0.15, -0.1) is 0 Å². The Morgan fingerprint density at radius 2 is 1.92 bits per heavy atom. The quantitative estimate of drug-likeness (QED) is 0.738. The fraction of sp³-hybridized carbons (Fsp3) is 0.188. The van der Waals surface area contributed by atoms with E-state index in [4.69, 9.17) is 11.6 Å². The predicted molar refractivity (Wildman–Crippen MR) is 98.7 cm³/mol. The summed E-state index contributed by atoms with van der Waals surface area (Å²) in [7, 11) is -3.76. The maximum Gasteiger partial charge on any atom is 0.308 e. The van der Waals surface area contributed by atoms with Crippen molar-refractivity contribution in [1.29, 1.82) is 0 Å². The second-order valence-electron chi connectivity index (χ2n) is 5.58. The van der Waals surface area contributed by atoms with E-state index in [1.54, 1.807) is 28.8 Å². The van der Waals surface area contributed by atoms with Crippen LogP contribution in [0.2, 0.25) is 5.02 Å². The molecule has 0 bridgehead atoms. The molecule has 0 saturated heterocycles. The van der Waals surface area contributed by atoms with Crippen LogP contribution < -0.4 is 9.60 Å². The average Bonchev–Trinajstić information content (AvgIpc) is 2.81. The molecular weight excluding hydrogens is 368 g/mol. The second-order valence-corrected chi connectivity index (χ2v) is 8.69. The van der Waals surface area contributed by atoms with E-state index in [9.17, 15) is 13.2 Å². The molecule has 8 heteroatoms. The van der Waals surface area contributed by atoms with Crippen LogP contribution in [0.3, 0.4) is 0 Å². The number of hydrogen-bond acceptors (Lipinski definition) is 4. The normalized spacial score (nSPS) is 12.0. The molecule has 3 aromatic rings. The van der Waals surface area contributed by atoms with Gasteiger partial charge in [-0.1, -0.05) is 29.0 Å². The molecule has 0 amide bonds. The molecule has 0 aliphatic carbocycles. The van der Waals surface area contributed by atoms with Crippen LogP contribution in [0.25, 0.3) is 10.2 Å². The number of thiazole rings is 1. The highest BCUT2D eigenvalue weighted by Crippen LogP contribution is 2.25. The van der Waals surface area contributed by atoms with Crippen molar-refractivity contribution in [3.63, 3.8) is 0 Å². The van der Waals surface area contributed by atoms with Gasteiger partial charge in [0.15, 0.2) is 0 Å². The van der Waals surface area contributed by atoms with Gasteiger partial charge in [0.25, 0.3) is 10.0 Å². The SMILES string of the molecule is CC(C)n1c(=O)sc2cc(S(=O)(=O)Nc3cccc(Cl)c3)ccc21. The molecule has 5 nitrogen and oxygen atoms in total. The van der Waals surface area contributed by atoms with Crippen molar-refractivity contribution in [2.75, 3.05) is 4.72 Å². The number of anilines is 1. The lowest BCUT2D eigenvalue weighted by molar-refractivity contribution is 0.601. The van der Waals surface area contributed by atoms with Crippen LogP contribution in [-0.2, 0) is 10.0 Å². The Kier molecular flexibility index (Phi) is 4.42. The summed E-state index contributed by atoms with van der Waals surface area (Å²) in [5.74, 6) is 0. The van der Waals surface area contributed by atoms with Gasteiger partial charge in [0.2, 0.25) is 0 Å². The lowest BCUT2D eigenvalue weighted by Crippen LogP contribution is -2.15. The number of fused-ring (bicyclic) bond motifs is 1. The van der Waals surface area contributed by atoms with Gasteiger partial charge < -0.3 is 0 Å². The molecule has 0 aliphatic heterocycles. The van der Waals surface area contributed by atoms with E-state index in [0.29, 0.717) is 15.4 Å². The van der Waals surface area contributed by atoms with E-state index in [-0.39, 0.29) is 15.8 Å². The Balaban J connectivity index is 2.04. The fourth-order valence-electron chi connectivity index (χ4n) is 2.44. The zero-order chi connectivity index (χ0) is 17.5. The summed E-state index contributed by atoms with van der Waals surface area (Å²) in [6.45, 7) is 3.83. The minimum absolute atomic E-state index is 0.0123. The van der Waals surface area contributed by atoms with E-state index < -0.39 is 10.0 Å². The maximum absolute atomic E-state index is 12.5. The van der Waals surface area contributed by atoms with Crippen LogP contribution in [0.5, 0.6) is 0 Å². The number of nitrogens with zero attached hydrogens (tertiary/aromatic N) is 1. The number of benzene rings is 2. The number of nitrogens with one attached hydrogen (secondary N) is 1. The van der Waals surface area contributed by atoms with Crippen LogP contribution in [0.4, 0.5) is 5.69 Å². The van der Waals surface area contributed by atoms with Gasteiger partial charge in [-0.3, -0.25) is 14.1 Å². The van der Waals surface area contributed by atoms with Crippen molar-refractivity contribution in [1.82, 2.24) is 4.57 Å². The van der Waals surface area contributed by atoms with Gasteiger partial charge in [-0.05, 0) is 50.2 Å². The van der Waals surface area contributed by atoms with Crippen LogP contribution in [0, 0.1) is 0 Å². The summed E-state index contributed by atoms with van der Waals surface area (Å²) in [5.41, 5.74) is 1.12. The van der Waals surface area contributed by atoms with Crippen molar-refractivity contribution in [2.45, 2.75) is 24.8 Å². The standard InChI is InChI=1S/C16H15ClN2O3S2/c1-10(2)19-14-7-6-13(9-15(14)23-16(19)20)24(21,22)18-12-5-3-4-11(17)8-12/h3-10,18H,1-2H3. The van der Waals surface area contributed by atoms with Crippen LogP contribution in [0.1, 0.15) is 19.9 Å². The summed E-state index contributed by atoms with van der Waals surface area (Å²) < 4.78 is 29.9. The highest BCUT2D eigenvalue weighted by Gasteiger charge is 2.18. The first-order valence-electron chi connectivity index (χ1n) is 7.21. The summed E-state index contributed by atoms with van der Waals surface area (Å²) in [5, 5.41) is 0.442. The van der Waals surface area contributed by atoms with E-state index in [0.717, 1.165) is 16.9 Å². The highest BCUT2D eigenvalue weighted by atomic mass is 35.5. The highest BCUT2D eigenvalue weighted by molar-refractivity contribution is 7.92. The molecule has 2 aromatic carbocycles. The Labute approximate surface area is 148 Å². The van der Waals surface area contributed by atoms with Gasteiger partial charge in [0.1, 0.15) is 0 Å². The number of rotatable bonds is 4. The molecule has 1 aromatic heterocycles. The molecular formula is C16H15ClN2O3S2. The van der Waals surface area contributed by atoms with Gasteiger partial charge in [-0.2, -0.15) is 0 Å². The average molecular weight is 383 g/mol. The van der Waals surface area contributed by atoms with E-state index in [1.165, 1.54) is 18.2 Å². The summed E-state index contributed by atoms with van der Waals surface area (Å²) >= 11 is 6.92. The number of hydrogen-bond donors (Lipinski definition) is 1. The molecule has 0 spiro atoms. The van der Waals surface area contributed by atoms with Crippen LogP contribution >= 0.6 is 22.9 Å². The summed E-state index contributed by atoms with van der Waals surface area (Å²) in [4.78, 5) is 12.1. The monoisotopic (exact) mass is 382 g/mol. The third-order valence-corrected chi connectivity index (χ3v) is 6.02. The van der Waals surface area contributed by atoms with E-state index in [1.807, 2.05) is 13.8 Å². The number of sulfonamides is 1.